The van der Waals surface area contributed by atoms with Crippen molar-refractivity contribution in [2.24, 2.45) is 0 Å². The van der Waals surface area contributed by atoms with Crippen LogP contribution in [0.5, 0.6) is 0 Å². The van der Waals surface area contributed by atoms with E-state index in [4.69, 9.17) is 5.73 Å². The van der Waals surface area contributed by atoms with Crippen LogP contribution < -0.4 is 10.5 Å². The largest absolute Gasteiger partial charge is 0.399 e. The van der Waals surface area contributed by atoms with Gasteiger partial charge >= 0.3 is 0 Å². The molecule has 0 saturated heterocycles. The van der Waals surface area contributed by atoms with E-state index in [2.05, 4.69) is 4.72 Å². The van der Waals surface area contributed by atoms with Crippen molar-refractivity contribution in [3.8, 4) is 0 Å². The van der Waals surface area contributed by atoms with E-state index in [1.165, 1.54) is 6.92 Å². The summed E-state index contributed by atoms with van der Waals surface area (Å²) in [6, 6.07) is 11.6. The van der Waals surface area contributed by atoms with Gasteiger partial charge in [0, 0.05) is 31.4 Å². The minimum absolute atomic E-state index is 0.00564. The standard InChI is InChI=1S/C17H19N3O3S/c1-12(21)20-9-8-13-2-7-17(10-14(13)11-20)24(22,23)19-16-5-3-15(18)4-6-16/h2-7,10,19H,8-9,11,18H2,1H3. The number of hydrogen-bond donors (Lipinski definition) is 2. The molecule has 3 N–H and O–H groups in total. The Labute approximate surface area is 141 Å². The topological polar surface area (TPSA) is 92.5 Å². The molecule has 0 aromatic heterocycles. The lowest BCUT2D eigenvalue weighted by Gasteiger charge is -2.28. The predicted octanol–water partition coefficient (Wildman–Crippen LogP) is 1.97. The Morgan fingerprint density at radius 2 is 1.83 bits per heavy atom. The first-order valence-corrected chi connectivity index (χ1v) is 9.09. The minimum atomic E-state index is -3.69. The van der Waals surface area contributed by atoms with Crippen molar-refractivity contribution in [3.63, 3.8) is 0 Å². The van der Waals surface area contributed by atoms with E-state index in [-0.39, 0.29) is 10.8 Å². The molecule has 7 heteroatoms. The van der Waals surface area contributed by atoms with Gasteiger partial charge < -0.3 is 10.6 Å². The molecule has 0 atom stereocenters. The smallest absolute Gasteiger partial charge is 0.261 e. The number of fused-ring (bicyclic) bond motifs is 1. The monoisotopic (exact) mass is 345 g/mol. The second kappa shape index (κ2) is 6.16. The summed E-state index contributed by atoms with van der Waals surface area (Å²) in [6.07, 6.45) is 0.737. The highest BCUT2D eigenvalue weighted by molar-refractivity contribution is 7.92. The first-order valence-electron chi connectivity index (χ1n) is 7.61. The zero-order valence-corrected chi connectivity index (χ0v) is 14.1. The van der Waals surface area contributed by atoms with Crippen LogP contribution in [0.25, 0.3) is 0 Å². The summed E-state index contributed by atoms with van der Waals surface area (Å²) in [5.41, 5.74) is 8.58. The van der Waals surface area contributed by atoms with E-state index in [9.17, 15) is 13.2 Å². The number of sulfonamides is 1. The van der Waals surface area contributed by atoms with E-state index in [0.717, 1.165) is 17.5 Å². The molecule has 0 fully saturated rings. The normalized spacial score (nSPS) is 14.1. The van der Waals surface area contributed by atoms with Gasteiger partial charge in [0.1, 0.15) is 0 Å². The summed E-state index contributed by atoms with van der Waals surface area (Å²) >= 11 is 0. The van der Waals surface area contributed by atoms with E-state index in [1.54, 1.807) is 41.3 Å². The number of amides is 1. The molecule has 1 heterocycles. The summed E-state index contributed by atoms with van der Waals surface area (Å²) in [5, 5.41) is 0. The van der Waals surface area contributed by atoms with Gasteiger partial charge in [-0.05, 0) is 53.9 Å². The third kappa shape index (κ3) is 3.35. The number of carbonyl (C=O) groups is 1. The highest BCUT2D eigenvalue weighted by Crippen LogP contribution is 2.24. The lowest BCUT2D eigenvalue weighted by atomic mass is 10.00. The molecule has 1 aliphatic rings. The van der Waals surface area contributed by atoms with Gasteiger partial charge in [0.05, 0.1) is 4.90 Å². The second-order valence-electron chi connectivity index (χ2n) is 5.85. The van der Waals surface area contributed by atoms with Crippen LogP contribution in [0.3, 0.4) is 0 Å². The molecule has 6 nitrogen and oxygen atoms in total. The second-order valence-corrected chi connectivity index (χ2v) is 7.53. The first kappa shape index (κ1) is 16.3. The van der Waals surface area contributed by atoms with E-state index < -0.39 is 10.0 Å². The van der Waals surface area contributed by atoms with E-state index in [0.29, 0.717) is 24.5 Å². The minimum Gasteiger partial charge on any atom is -0.399 e. The number of nitrogens with two attached hydrogens (primary N) is 1. The van der Waals surface area contributed by atoms with Crippen LogP contribution in [0.4, 0.5) is 11.4 Å². The number of rotatable bonds is 3. The fourth-order valence-corrected chi connectivity index (χ4v) is 3.84. The molecule has 1 aliphatic heterocycles. The number of nitrogens with zero attached hydrogens (tertiary/aromatic N) is 1. The molecule has 0 radical (unpaired) electrons. The number of anilines is 2. The van der Waals surface area contributed by atoms with Crippen molar-refractivity contribution in [2.75, 3.05) is 17.0 Å². The molecule has 0 aliphatic carbocycles. The third-order valence-electron chi connectivity index (χ3n) is 4.11. The maximum Gasteiger partial charge on any atom is 0.261 e. The Balaban J connectivity index is 1.87. The van der Waals surface area contributed by atoms with Gasteiger partial charge in [-0.2, -0.15) is 0 Å². The molecule has 3 rings (SSSR count). The Morgan fingerprint density at radius 1 is 1.12 bits per heavy atom. The Bertz CT molecular complexity index is 876. The van der Waals surface area contributed by atoms with Crippen LogP contribution in [0.1, 0.15) is 18.1 Å². The first-order chi connectivity index (χ1) is 11.3. The van der Waals surface area contributed by atoms with Crippen molar-refractivity contribution >= 4 is 27.3 Å². The van der Waals surface area contributed by atoms with Crippen molar-refractivity contribution in [1.82, 2.24) is 4.90 Å². The summed E-state index contributed by atoms with van der Waals surface area (Å²) in [5.74, 6) is -0.00564. The lowest BCUT2D eigenvalue weighted by Crippen LogP contribution is -2.34. The van der Waals surface area contributed by atoms with Crippen molar-refractivity contribution in [1.29, 1.82) is 0 Å². The van der Waals surface area contributed by atoms with Crippen molar-refractivity contribution in [3.05, 3.63) is 53.6 Å². The highest BCUT2D eigenvalue weighted by atomic mass is 32.2. The molecule has 2 aromatic rings. The van der Waals surface area contributed by atoms with Crippen LogP contribution >= 0.6 is 0 Å². The summed E-state index contributed by atoms with van der Waals surface area (Å²) in [4.78, 5) is 13.4. The number of hydrogen-bond acceptors (Lipinski definition) is 4. The number of carbonyl (C=O) groups excluding carboxylic acids is 1. The SMILES string of the molecule is CC(=O)N1CCc2ccc(S(=O)(=O)Nc3ccc(N)cc3)cc2C1. The molecule has 1 amide bonds. The Kier molecular flexibility index (Phi) is 4.19. The fraction of sp³-hybridized carbons (Fsp3) is 0.235. The third-order valence-corrected chi connectivity index (χ3v) is 5.49. The lowest BCUT2D eigenvalue weighted by molar-refractivity contribution is -0.129. The van der Waals surface area contributed by atoms with Gasteiger partial charge in [0.25, 0.3) is 10.0 Å². The van der Waals surface area contributed by atoms with Crippen LogP contribution in [0, 0.1) is 0 Å². The zero-order chi connectivity index (χ0) is 17.3. The van der Waals surface area contributed by atoms with Crippen LogP contribution in [0.2, 0.25) is 0 Å². The highest BCUT2D eigenvalue weighted by Gasteiger charge is 2.21. The fourth-order valence-electron chi connectivity index (χ4n) is 2.73. The van der Waals surface area contributed by atoms with Gasteiger partial charge in [-0.3, -0.25) is 9.52 Å². The quantitative estimate of drug-likeness (QED) is 0.832. The maximum absolute atomic E-state index is 12.6. The summed E-state index contributed by atoms with van der Waals surface area (Å²) in [6.45, 7) is 2.63. The van der Waals surface area contributed by atoms with Crippen molar-refractivity contribution < 1.29 is 13.2 Å². The molecule has 24 heavy (non-hydrogen) atoms. The number of nitrogen functional groups attached to an aromatic ring is 1. The van der Waals surface area contributed by atoms with Gasteiger partial charge in [-0.1, -0.05) is 6.07 Å². The predicted molar refractivity (Wildman–Crippen MR) is 92.9 cm³/mol. The average Bonchev–Trinajstić information content (AvgIpc) is 2.55. The molecular weight excluding hydrogens is 326 g/mol. The molecule has 126 valence electrons. The molecule has 2 aromatic carbocycles. The molecular formula is C17H19N3O3S. The van der Waals surface area contributed by atoms with Gasteiger partial charge in [-0.25, -0.2) is 8.42 Å². The van der Waals surface area contributed by atoms with Crippen molar-refractivity contribution in [2.45, 2.75) is 24.8 Å². The molecule has 0 spiro atoms. The maximum atomic E-state index is 12.6. The van der Waals surface area contributed by atoms with E-state index >= 15 is 0 Å². The zero-order valence-electron chi connectivity index (χ0n) is 13.3. The van der Waals surface area contributed by atoms with E-state index in [1.807, 2.05) is 6.07 Å². The average molecular weight is 345 g/mol. The molecule has 0 saturated carbocycles. The summed E-state index contributed by atoms with van der Waals surface area (Å²) < 4.78 is 27.7. The Hall–Kier alpha value is -2.54. The van der Waals surface area contributed by atoms with Gasteiger partial charge in [0.2, 0.25) is 5.91 Å². The van der Waals surface area contributed by atoms with Gasteiger partial charge in [-0.15, -0.1) is 0 Å². The summed E-state index contributed by atoms with van der Waals surface area (Å²) in [7, 11) is -3.69. The van der Waals surface area contributed by atoms with Gasteiger partial charge in [0.15, 0.2) is 0 Å². The molecule has 0 bridgehead atoms. The van der Waals surface area contributed by atoms with Crippen LogP contribution in [-0.2, 0) is 27.8 Å². The molecule has 0 unspecified atom stereocenters. The van der Waals surface area contributed by atoms with Crippen LogP contribution in [-0.4, -0.2) is 25.8 Å². The number of benzene rings is 2. The Morgan fingerprint density at radius 3 is 2.50 bits per heavy atom. The number of nitrogens with one attached hydrogen (secondary N) is 1. The van der Waals surface area contributed by atoms with Crippen LogP contribution in [0.15, 0.2) is 47.4 Å².